The molecule has 7 heteroatoms. The maximum Gasteiger partial charge on any atom is 0.272 e. The quantitative estimate of drug-likeness (QED) is 0.775. The van der Waals surface area contributed by atoms with E-state index in [9.17, 15) is 9.59 Å². The first-order chi connectivity index (χ1) is 14.0. The minimum Gasteiger partial charge on any atom is -0.474 e. The van der Waals surface area contributed by atoms with E-state index in [2.05, 4.69) is 38.0 Å². The maximum atomic E-state index is 13.1. The summed E-state index contributed by atoms with van der Waals surface area (Å²) in [5.41, 5.74) is 7.64. The van der Waals surface area contributed by atoms with Gasteiger partial charge in [0.05, 0.1) is 0 Å². The Kier molecular flexibility index (Phi) is 5.74. The highest BCUT2D eigenvalue weighted by Crippen LogP contribution is 2.37. The third-order valence-corrected chi connectivity index (χ3v) is 5.18. The number of pyridine rings is 1. The molecule has 2 aromatic rings. The van der Waals surface area contributed by atoms with Gasteiger partial charge in [0.2, 0.25) is 5.91 Å². The van der Waals surface area contributed by atoms with Crippen molar-refractivity contribution in [2.24, 2.45) is 0 Å². The molecule has 3 N–H and O–H groups in total. The first-order valence-corrected chi connectivity index (χ1v) is 10.2. The van der Waals surface area contributed by atoms with Gasteiger partial charge in [-0.2, -0.15) is 0 Å². The number of para-hydroxylation sites is 1. The zero-order chi connectivity index (χ0) is 22.2. The van der Waals surface area contributed by atoms with Gasteiger partial charge < -0.3 is 15.8 Å². The number of fused-ring (bicyclic) bond motifs is 1. The number of benzene rings is 1. The Bertz CT molecular complexity index is 956. The van der Waals surface area contributed by atoms with Gasteiger partial charge in [-0.3, -0.25) is 14.5 Å². The Balaban J connectivity index is 1.94. The number of carbonyl (C=O) groups is 2. The fourth-order valence-corrected chi connectivity index (χ4v) is 3.63. The van der Waals surface area contributed by atoms with E-state index < -0.39 is 5.60 Å². The topological polar surface area (TPSA) is 97.5 Å². The summed E-state index contributed by atoms with van der Waals surface area (Å²) in [4.78, 5) is 31.7. The van der Waals surface area contributed by atoms with E-state index in [1.807, 2.05) is 18.2 Å². The number of aromatic nitrogens is 1. The molecule has 0 bridgehead atoms. The Morgan fingerprint density at radius 1 is 1.13 bits per heavy atom. The first kappa shape index (κ1) is 21.6. The van der Waals surface area contributed by atoms with E-state index in [1.165, 1.54) is 4.90 Å². The van der Waals surface area contributed by atoms with Crippen LogP contribution in [0.3, 0.4) is 0 Å². The van der Waals surface area contributed by atoms with Gasteiger partial charge >= 0.3 is 0 Å². The van der Waals surface area contributed by atoms with Crippen molar-refractivity contribution in [2.75, 3.05) is 22.5 Å². The van der Waals surface area contributed by atoms with E-state index >= 15 is 0 Å². The second-order valence-electron chi connectivity index (χ2n) is 8.73. The number of hydrogen-bond donors (Lipinski definition) is 2. The van der Waals surface area contributed by atoms with Gasteiger partial charge in [0, 0.05) is 5.69 Å². The number of nitrogen functional groups attached to an aromatic ring is 1. The second kappa shape index (κ2) is 7.97. The normalized spacial score (nSPS) is 15.2. The Morgan fingerprint density at radius 3 is 2.30 bits per heavy atom. The molecule has 0 aliphatic carbocycles. The maximum absolute atomic E-state index is 13.1. The summed E-state index contributed by atoms with van der Waals surface area (Å²) in [6, 6.07) is 9.33. The van der Waals surface area contributed by atoms with Crippen LogP contribution in [0, 0.1) is 0 Å². The molecule has 0 saturated carbocycles. The first-order valence-electron chi connectivity index (χ1n) is 10.2. The molecule has 1 aromatic heterocycles. The molecule has 1 aromatic carbocycles. The van der Waals surface area contributed by atoms with Gasteiger partial charge in [-0.15, -0.1) is 0 Å². The van der Waals surface area contributed by atoms with Crippen LogP contribution >= 0.6 is 0 Å². The fourth-order valence-electron chi connectivity index (χ4n) is 3.63. The van der Waals surface area contributed by atoms with Crippen LogP contribution in [0.15, 0.2) is 30.3 Å². The summed E-state index contributed by atoms with van der Waals surface area (Å²) in [6.45, 7) is 11.5. The van der Waals surface area contributed by atoms with Crippen LogP contribution in [-0.4, -0.2) is 28.9 Å². The fraction of sp³-hybridized carbons (Fsp3) is 0.435. The molecular weight excluding hydrogens is 380 g/mol. The Morgan fingerprint density at radius 2 is 1.73 bits per heavy atom. The number of anilines is 3. The minimum absolute atomic E-state index is 0.182. The lowest BCUT2D eigenvalue weighted by Gasteiger charge is -2.37. The lowest BCUT2D eigenvalue weighted by molar-refractivity contribution is -0.133. The van der Waals surface area contributed by atoms with E-state index in [4.69, 9.17) is 10.5 Å². The predicted molar refractivity (Wildman–Crippen MR) is 119 cm³/mol. The van der Waals surface area contributed by atoms with Crippen molar-refractivity contribution in [3.63, 3.8) is 0 Å². The average molecular weight is 411 g/mol. The van der Waals surface area contributed by atoms with Gasteiger partial charge in [-0.1, -0.05) is 45.9 Å². The molecule has 0 unspecified atom stereocenters. The predicted octanol–water partition coefficient (Wildman–Crippen LogP) is 4.05. The van der Waals surface area contributed by atoms with Gasteiger partial charge in [0.1, 0.15) is 12.4 Å². The third-order valence-electron chi connectivity index (χ3n) is 5.18. The summed E-state index contributed by atoms with van der Waals surface area (Å²) >= 11 is 0. The van der Waals surface area contributed by atoms with Gasteiger partial charge in [-0.05, 0) is 48.9 Å². The molecular formula is C23H30N4O3. The summed E-state index contributed by atoms with van der Waals surface area (Å²) < 4.78 is 5.78. The van der Waals surface area contributed by atoms with Crippen LogP contribution in [0.25, 0.3) is 0 Å². The summed E-state index contributed by atoms with van der Waals surface area (Å²) in [6.07, 6.45) is 0. The highest BCUT2D eigenvalue weighted by atomic mass is 16.5. The highest BCUT2D eigenvalue weighted by molar-refractivity contribution is 6.07. The molecule has 7 nitrogen and oxygen atoms in total. The Labute approximate surface area is 177 Å². The van der Waals surface area contributed by atoms with Crippen LogP contribution in [0.5, 0.6) is 5.75 Å². The van der Waals surface area contributed by atoms with Crippen molar-refractivity contribution in [3.8, 4) is 5.75 Å². The van der Waals surface area contributed by atoms with Crippen LogP contribution in [-0.2, 0) is 9.59 Å². The molecule has 1 aliphatic rings. The van der Waals surface area contributed by atoms with Crippen molar-refractivity contribution >= 4 is 29.1 Å². The number of ether oxygens (including phenoxy) is 1. The third kappa shape index (κ3) is 4.10. The molecule has 0 atom stereocenters. The number of rotatable bonds is 5. The van der Waals surface area contributed by atoms with Gasteiger partial charge in [-0.25, -0.2) is 4.98 Å². The van der Waals surface area contributed by atoms with Crippen molar-refractivity contribution in [2.45, 2.75) is 59.0 Å². The molecule has 1 aliphatic heterocycles. The number of amides is 2. The summed E-state index contributed by atoms with van der Waals surface area (Å²) in [5, 5.41) is 3.05. The minimum atomic E-state index is -1.11. The van der Waals surface area contributed by atoms with Gasteiger partial charge in [0.15, 0.2) is 17.2 Å². The molecule has 3 rings (SSSR count). The molecule has 2 heterocycles. The largest absolute Gasteiger partial charge is 0.474 e. The SMILES string of the molecule is CC(C)c1cccc(C(C)C)c1NC(=O)CN1C(=O)C(C)(C)Oc2ccc(N)nc21. The average Bonchev–Trinajstić information content (AvgIpc) is 2.65. The monoisotopic (exact) mass is 410 g/mol. The number of nitrogens with two attached hydrogens (primary N) is 1. The molecule has 0 fully saturated rings. The molecule has 30 heavy (non-hydrogen) atoms. The standard InChI is InChI=1S/C23H30N4O3/c1-13(2)15-8-7-9-16(14(3)4)20(15)26-19(28)12-27-21-17(10-11-18(24)25-21)30-23(5,6)22(27)29/h7-11,13-14H,12H2,1-6H3,(H2,24,25)(H,26,28). The highest BCUT2D eigenvalue weighted by Gasteiger charge is 2.42. The summed E-state index contributed by atoms with van der Waals surface area (Å²) in [7, 11) is 0. The van der Waals surface area contributed by atoms with Crippen LogP contribution in [0.2, 0.25) is 0 Å². The van der Waals surface area contributed by atoms with Gasteiger partial charge in [0.25, 0.3) is 5.91 Å². The van der Waals surface area contributed by atoms with Crippen molar-refractivity contribution in [3.05, 3.63) is 41.5 Å². The molecule has 160 valence electrons. The lowest BCUT2D eigenvalue weighted by Crippen LogP contribution is -2.54. The smallest absolute Gasteiger partial charge is 0.272 e. The number of carbonyl (C=O) groups excluding carboxylic acids is 2. The zero-order valence-corrected chi connectivity index (χ0v) is 18.4. The summed E-state index contributed by atoms with van der Waals surface area (Å²) in [5.74, 6) is 0.774. The van der Waals surface area contributed by atoms with E-state index in [0.717, 1.165) is 16.8 Å². The van der Waals surface area contributed by atoms with Crippen molar-refractivity contribution < 1.29 is 14.3 Å². The Hall–Kier alpha value is -3.09. The van der Waals surface area contributed by atoms with Crippen LogP contribution in [0.1, 0.15) is 64.5 Å². The second-order valence-corrected chi connectivity index (χ2v) is 8.73. The van der Waals surface area contributed by atoms with Crippen molar-refractivity contribution in [1.29, 1.82) is 0 Å². The van der Waals surface area contributed by atoms with E-state index in [-0.39, 0.29) is 41.8 Å². The van der Waals surface area contributed by atoms with E-state index in [1.54, 1.807) is 26.0 Å². The van der Waals surface area contributed by atoms with E-state index in [0.29, 0.717) is 5.75 Å². The number of nitrogens with one attached hydrogen (secondary N) is 1. The molecule has 0 saturated heterocycles. The van der Waals surface area contributed by atoms with Crippen molar-refractivity contribution in [1.82, 2.24) is 4.98 Å². The number of hydrogen-bond acceptors (Lipinski definition) is 5. The number of nitrogens with zero attached hydrogens (tertiary/aromatic N) is 2. The molecule has 0 spiro atoms. The molecule has 2 amide bonds. The lowest BCUT2D eigenvalue weighted by atomic mass is 9.92. The van der Waals surface area contributed by atoms with Crippen LogP contribution in [0.4, 0.5) is 17.3 Å². The molecule has 0 radical (unpaired) electrons. The van der Waals surface area contributed by atoms with Crippen LogP contribution < -0.4 is 20.7 Å². The zero-order valence-electron chi connectivity index (χ0n) is 18.4.